The average Bonchev–Trinajstić information content (AvgIpc) is 3.02. The molecule has 21 heavy (non-hydrogen) atoms. The topological polar surface area (TPSA) is 60.0 Å². The highest BCUT2D eigenvalue weighted by Crippen LogP contribution is 2.23. The maximum absolute atomic E-state index is 10.8. The molecule has 3 rings (SSSR count). The van der Waals surface area contributed by atoms with Crippen LogP contribution >= 0.6 is 0 Å². The van der Waals surface area contributed by atoms with E-state index in [-0.39, 0.29) is 6.42 Å². The first-order valence-electron chi connectivity index (χ1n) is 6.89. The standard InChI is InChI=1S/C16H17N3O2/c1-18-11-17-8-13(18)10-19-9-12(6-7-16(20)21)14-4-2-3-5-15(14)19/h2-5,8-9,11H,6-7,10H2,1H3,(H,20,21). The summed E-state index contributed by atoms with van der Waals surface area (Å²) in [5, 5.41) is 10.0. The van der Waals surface area contributed by atoms with Gasteiger partial charge in [-0.25, -0.2) is 4.98 Å². The largest absolute Gasteiger partial charge is 0.481 e. The molecule has 1 aromatic carbocycles. The molecule has 5 nitrogen and oxygen atoms in total. The lowest BCUT2D eigenvalue weighted by atomic mass is 10.1. The van der Waals surface area contributed by atoms with Gasteiger partial charge in [0.2, 0.25) is 0 Å². The summed E-state index contributed by atoms with van der Waals surface area (Å²) >= 11 is 0. The zero-order chi connectivity index (χ0) is 14.8. The third kappa shape index (κ3) is 2.67. The number of aryl methyl sites for hydroxylation is 2. The van der Waals surface area contributed by atoms with Crippen LogP contribution in [0.2, 0.25) is 0 Å². The molecule has 0 aliphatic carbocycles. The van der Waals surface area contributed by atoms with Crippen LogP contribution in [0.3, 0.4) is 0 Å². The van der Waals surface area contributed by atoms with Crippen LogP contribution in [0.4, 0.5) is 0 Å². The van der Waals surface area contributed by atoms with Crippen molar-refractivity contribution in [2.45, 2.75) is 19.4 Å². The van der Waals surface area contributed by atoms with E-state index < -0.39 is 5.97 Å². The van der Waals surface area contributed by atoms with Crippen molar-refractivity contribution in [3.8, 4) is 0 Å². The molecule has 0 unspecified atom stereocenters. The summed E-state index contributed by atoms with van der Waals surface area (Å²) in [6.07, 6.45) is 6.40. The Morgan fingerprint density at radius 1 is 1.33 bits per heavy atom. The number of carboxylic acid groups (broad SMARTS) is 1. The Bertz CT molecular complexity index is 786. The molecule has 0 aliphatic rings. The SMILES string of the molecule is Cn1cncc1Cn1cc(CCC(=O)O)c2ccccc21. The molecule has 0 atom stereocenters. The molecule has 0 saturated heterocycles. The van der Waals surface area contributed by atoms with Crippen molar-refractivity contribution in [2.24, 2.45) is 7.05 Å². The fourth-order valence-corrected chi connectivity index (χ4v) is 2.61. The quantitative estimate of drug-likeness (QED) is 0.782. The van der Waals surface area contributed by atoms with Gasteiger partial charge in [-0.05, 0) is 18.1 Å². The second-order valence-corrected chi connectivity index (χ2v) is 5.19. The van der Waals surface area contributed by atoms with Gasteiger partial charge < -0.3 is 14.2 Å². The lowest BCUT2D eigenvalue weighted by molar-refractivity contribution is -0.136. The van der Waals surface area contributed by atoms with Crippen LogP contribution in [0, 0.1) is 0 Å². The normalized spacial score (nSPS) is 11.1. The Morgan fingerprint density at radius 3 is 2.86 bits per heavy atom. The van der Waals surface area contributed by atoms with E-state index in [0.29, 0.717) is 6.42 Å². The number of aromatic nitrogens is 3. The fourth-order valence-electron chi connectivity index (χ4n) is 2.61. The first kappa shape index (κ1) is 13.4. The predicted molar refractivity (Wildman–Crippen MR) is 80.2 cm³/mol. The maximum atomic E-state index is 10.8. The molecule has 0 spiro atoms. The summed E-state index contributed by atoms with van der Waals surface area (Å²) < 4.78 is 4.15. The van der Waals surface area contributed by atoms with Gasteiger partial charge in [0.15, 0.2) is 0 Å². The monoisotopic (exact) mass is 283 g/mol. The van der Waals surface area contributed by atoms with Crippen molar-refractivity contribution in [3.05, 3.63) is 54.2 Å². The molecule has 1 N–H and O–H groups in total. The highest BCUT2D eigenvalue weighted by Gasteiger charge is 2.10. The third-order valence-electron chi connectivity index (χ3n) is 3.73. The minimum atomic E-state index is -0.765. The number of imidazole rings is 1. The van der Waals surface area contributed by atoms with Gasteiger partial charge in [-0.15, -0.1) is 0 Å². The van der Waals surface area contributed by atoms with Crippen LogP contribution in [0.5, 0.6) is 0 Å². The number of rotatable bonds is 5. The molecule has 0 amide bonds. The Morgan fingerprint density at radius 2 is 2.14 bits per heavy atom. The van der Waals surface area contributed by atoms with E-state index in [0.717, 1.165) is 28.7 Å². The zero-order valence-corrected chi connectivity index (χ0v) is 11.9. The molecule has 108 valence electrons. The Balaban J connectivity index is 1.98. The number of benzene rings is 1. The minimum absolute atomic E-state index is 0.152. The van der Waals surface area contributed by atoms with E-state index >= 15 is 0 Å². The van der Waals surface area contributed by atoms with Gasteiger partial charge in [0.25, 0.3) is 0 Å². The molecule has 0 aliphatic heterocycles. The van der Waals surface area contributed by atoms with Crippen LogP contribution in [0.25, 0.3) is 10.9 Å². The molecule has 5 heteroatoms. The highest BCUT2D eigenvalue weighted by molar-refractivity contribution is 5.84. The van der Waals surface area contributed by atoms with E-state index in [4.69, 9.17) is 5.11 Å². The van der Waals surface area contributed by atoms with Crippen molar-refractivity contribution in [3.63, 3.8) is 0 Å². The summed E-state index contributed by atoms with van der Waals surface area (Å²) in [5.74, 6) is -0.765. The van der Waals surface area contributed by atoms with Gasteiger partial charge >= 0.3 is 5.97 Å². The van der Waals surface area contributed by atoms with E-state index in [9.17, 15) is 4.79 Å². The molecule has 2 heterocycles. The van der Waals surface area contributed by atoms with Gasteiger partial charge in [0.05, 0.1) is 18.6 Å². The molecule has 0 radical (unpaired) electrons. The van der Waals surface area contributed by atoms with Gasteiger partial charge in [-0.3, -0.25) is 4.79 Å². The number of para-hydroxylation sites is 1. The molecule has 0 saturated carbocycles. The predicted octanol–water partition coefficient (Wildman–Crippen LogP) is 2.44. The summed E-state index contributed by atoms with van der Waals surface area (Å²) in [6.45, 7) is 0.726. The van der Waals surface area contributed by atoms with Crippen LogP contribution < -0.4 is 0 Å². The molecule has 0 bridgehead atoms. The lowest BCUT2D eigenvalue weighted by Gasteiger charge is -2.05. The van der Waals surface area contributed by atoms with E-state index in [1.54, 1.807) is 6.33 Å². The Kier molecular flexibility index (Phi) is 3.48. The first-order valence-corrected chi connectivity index (χ1v) is 6.89. The average molecular weight is 283 g/mol. The van der Waals surface area contributed by atoms with Crippen molar-refractivity contribution in [1.82, 2.24) is 14.1 Å². The van der Waals surface area contributed by atoms with Gasteiger partial charge in [0.1, 0.15) is 0 Å². The van der Waals surface area contributed by atoms with Crippen molar-refractivity contribution >= 4 is 16.9 Å². The van der Waals surface area contributed by atoms with Gasteiger partial charge in [-0.1, -0.05) is 18.2 Å². The third-order valence-corrected chi connectivity index (χ3v) is 3.73. The van der Waals surface area contributed by atoms with Crippen LogP contribution in [0.1, 0.15) is 17.7 Å². The first-order chi connectivity index (χ1) is 10.1. The fraction of sp³-hybridized carbons (Fsp3) is 0.250. The van der Waals surface area contributed by atoms with E-state index in [2.05, 4.69) is 21.8 Å². The summed E-state index contributed by atoms with van der Waals surface area (Å²) in [4.78, 5) is 14.9. The summed E-state index contributed by atoms with van der Waals surface area (Å²) in [6, 6.07) is 8.10. The number of carboxylic acids is 1. The zero-order valence-electron chi connectivity index (χ0n) is 11.9. The second kappa shape index (κ2) is 5.44. The molecule has 0 fully saturated rings. The number of hydrogen-bond donors (Lipinski definition) is 1. The maximum Gasteiger partial charge on any atom is 0.303 e. The molecule has 2 aromatic heterocycles. The number of carbonyl (C=O) groups is 1. The molecule has 3 aromatic rings. The number of fused-ring (bicyclic) bond motifs is 1. The molecular formula is C16H17N3O2. The van der Waals surface area contributed by atoms with Crippen LogP contribution in [0.15, 0.2) is 43.0 Å². The number of nitrogens with zero attached hydrogens (tertiary/aromatic N) is 3. The van der Waals surface area contributed by atoms with E-state index in [1.165, 1.54) is 0 Å². The van der Waals surface area contributed by atoms with Gasteiger partial charge in [0, 0.05) is 36.8 Å². The van der Waals surface area contributed by atoms with Crippen LogP contribution in [-0.4, -0.2) is 25.2 Å². The summed E-state index contributed by atoms with van der Waals surface area (Å²) in [7, 11) is 1.97. The Hall–Kier alpha value is -2.56. The smallest absolute Gasteiger partial charge is 0.303 e. The van der Waals surface area contributed by atoms with Gasteiger partial charge in [-0.2, -0.15) is 0 Å². The van der Waals surface area contributed by atoms with Crippen molar-refractivity contribution < 1.29 is 9.90 Å². The second-order valence-electron chi connectivity index (χ2n) is 5.19. The van der Waals surface area contributed by atoms with Crippen molar-refractivity contribution in [2.75, 3.05) is 0 Å². The lowest BCUT2D eigenvalue weighted by Crippen LogP contribution is -2.03. The number of hydrogen-bond acceptors (Lipinski definition) is 2. The van der Waals surface area contributed by atoms with Crippen molar-refractivity contribution in [1.29, 1.82) is 0 Å². The summed E-state index contributed by atoms with van der Waals surface area (Å²) in [5.41, 5.74) is 3.31. The van der Waals surface area contributed by atoms with E-state index in [1.807, 2.05) is 36.0 Å². The van der Waals surface area contributed by atoms with Crippen LogP contribution in [-0.2, 0) is 24.8 Å². The minimum Gasteiger partial charge on any atom is -0.481 e. The Labute approximate surface area is 122 Å². The number of aliphatic carboxylic acids is 1. The highest BCUT2D eigenvalue weighted by atomic mass is 16.4. The molecular weight excluding hydrogens is 266 g/mol.